The second kappa shape index (κ2) is 7.65. The third kappa shape index (κ3) is 4.19. The summed E-state index contributed by atoms with van der Waals surface area (Å²) >= 11 is 0. The highest BCUT2D eigenvalue weighted by Gasteiger charge is 2.38. The molecule has 0 aliphatic carbocycles. The maximum absolute atomic E-state index is 13.3. The first-order valence-corrected chi connectivity index (χ1v) is 11.2. The lowest BCUT2D eigenvalue weighted by Gasteiger charge is -2.38. The summed E-state index contributed by atoms with van der Waals surface area (Å²) in [5.74, 6) is -0.316. The standard InChI is InChI=1S/C19H26N6O4S/c1-13-7-21-25(10-14-8-20-24(3)9-14)18(26)16-6-15(4-5-17(16)22-13)30(27,28)23-19(2)11-29-12-19/h4-6,8-9,13,21-23H,7,10-12H2,1-3H3/t13-/m1/s1. The third-order valence-electron chi connectivity index (χ3n) is 5.09. The quantitative estimate of drug-likeness (QED) is 0.625. The summed E-state index contributed by atoms with van der Waals surface area (Å²) in [7, 11) is -1.99. The molecule has 0 radical (unpaired) electrons. The predicted molar refractivity (Wildman–Crippen MR) is 110 cm³/mol. The van der Waals surface area contributed by atoms with Crippen molar-refractivity contribution in [1.82, 2.24) is 24.9 Å². The van der Waals surface area contributed by atoms with E-state index in [-0.39, 0.29) is 22.4 Å². The monoisotopic (exact) mass is 434 g/mol. The van der Waals surface area contributed by atoms with Gasteiger partial charge in [-0.05, 0) is 32.0 Å². The van der Waals surface area contributed by atoms with Gasteiger partial charge in [0, 0.05) is 37.1 Å². The summed E-state index contributed by atoms with van der Waals surface area (Å²) in [5.41, 5.74) is 4.26. The van der Waals surface area contributed by atoms with Crippen molar-refractivity contribution >= 4 is 21.6 Å². The van der Waals surface area contributed by atoms with Gasteiger partial charge in [-0.2, -0.15) is 5.10 Å². The number of aromatic nitrogens is 2. The van der Waals surface area contributed by atoms with Crippen LogP contribution < -0.4 is 15.5 Å². The van der Waals surface area contributed by atoms with E-state index in [0.717, 1.165) is 5.56 Å². The van der Waals surface area contributed by atoms with Crippen LogP contribution in [0.5, 0.6) is 0 Å². The van der Waals surface area contributed by atoms with Crippen molar-refractivity contribution in [2.24, 2.45) is 7.05 Å². The Hall–Kier alpha value is -2.47. The molecule has 1 aromatic carbocycles. The number of ether oxygens (including phenoxy) is 1. The number of amides is 1. The largest absolute Gasteiger partial charge is 0.381 e. The number of aryl methyl sites for hydroxylation is 1. The molecule has 1 saturated heterocycles. The number of nitrogens with one attached hydrogen (secondary N) is 3. The maximum atomic E-state index is 13.3. The second-order valence-electron chi connectivity index (χ2n) is 8.19. The van der Waals surface area contributed by atoms with Crippen molar-refractivity contribution in [2.75, 3.05) is 25.1 Å². The number of rotatable bonds is 5. The molecule has 10 nitrogen and oxygen atoms in total. The Morgan fingerprint density at radius 1 is 1.37 bits per heavy atom. The molecule has 2 aliphatic heterocycles. The summed E-state index contributed by atoms with van der Waals surface area (Å²) in [6, 6.07) is 4.61. The molecule has 0 bridgehead atoms. The molecule has 0 saturated carbocycles. The fraction of sp³-hybridized carbons (Fsp3) is 0.474. The molecular weight excluding hydrogens is 408 g/mol. The fourth-order valence-electron chi connectivity index (χ4n) is 3.49. The average Bonchev–Trinajstić information content (AvgIpc) is 3.07. The first-order chi connectivity index (χ1) is 14.2. The molecule has 11 heteroatoms. The van der Waals surface area contributed by atoms with Crippen LogP contribution in [-0.2, 0) is 28.4 Å². The highest BCUT2D eigenvalue weighted by atomic mass is 32.2. The van der Waals surface area contributed by atoms with E-state index in [1.54, 1.807) is 23.9 Å². The number of hydrogen-bond acceptors (Lipinski definition) is 7. The summed E-state index contributed by atoms with van der Waals surface area (Å²) in [5, 5.41) is 8.91. The lowest BCUT2D eigenvalue weighted by atomic mass is 10.0. The summed E-state index contributed by atoms with van der Waals surface area (Å²) in [4.78, 5) is 13.3. The molecule has 30 heavy (non-hydrogen) atoms. The number of carbonyl (C=O) groups excluding carboxylic acids is 1. The van der Waals surface area contributed by atoms with Gasteiger partial charge >= 0.3 is 0 Å². The topological polar surface area (TPSA) is 118 Å². The van der Waals surface area contributed by atoms with E-state index in [2.05, 4.69) is 20.6 Å². The molecular formula is C19H26N6O4S. The molecule has 2 aliphatic rings. The molecule has 3 N–H and O–H groups in total. The lowest BCUT2D eigenvalue weighted by Crippen LogP contribution is -2.59. The zero-order valence-electron chi connectivity index (χ0n) is 17.2. The van der Waals surface area contributed by atoms with Gasteiger partial charge < -0.3 is 10.1 Å². The Bertz CT molecular complexity index is 1060. The van der Waals surface area contributed by atoms with Crippen LogP contribution in [0, 0.1) is 0 Å². The van der Waals surface area contributed by atoms with E-state index in [9.17, 15) is 13.2 Å². The fourth-order valence-corrected chi connectivity index (χ4v) is 4.89. The van der Waals surface area contributed by atoms with Crippen LogP contribution >= 0.6 is 0 Å². The molecule has 2 aromatic rings. The van der Waals surface area contributed by atoms with Gasteiger partial charge in [-0.1, -0.05) is 0 Å². The predicted octanol–water partition coefficient (Wildman–Crippen LogP) is 0.448. The van der Waals surface area contributed by atoms with Crippen molar-refractivity contribution in [3.05, 3.63) is 41.7 Å². The minimum absolute atomic E-state index is 0.0277. The molecule has 1 amide bonds. The number of hydrogen-bond donors (Lipinski definition) is 3. The van der Waals surface area contributed by atoms with Crippen molar-refractivity contribution < 1.29 is 17.9 Å². The first-order valence-electron chi connectivity index (χ1n) is 9.70. The Kier molecular flexibility index (Phi) is 5.30. The minimum atomic E-state index is -3.81. The highest BCUT2D eigenvalue weighted by Crippen LogP contribution is 2.26. The van der Waals surface area contributed by atoms with Crippen LogP contribution in [0.2, 0.25) is 0 Å². The second-order valence-corrected chi connectivity index (χ2v) is 9.87. The Morgan fingerprint density at radius 3 is 2.77 bits per heavy atom. The number of anilines is 1. The molecule has 0 unspecified atom stereocenters. The first kappa shape index (κ1) is 20.8. The van der Waals surface area contributed by atoms with Crippen molar-refractivity contribution in [3.63, 3.8) is 0 Å². The van der Waals surface area contributed by atoms with E-state index in [4.69, 9.17) is 4.74 Å². The van der Waals surface area contributed by atoms with Crippen LogP contribution in [0.3, 0.4) is 0 Å². The van der Waals surface area contributed by atoms with E-state index in [1.807, 2.05) is 20.2 Å². The van der Waals surface area contributed by atoms with Gasteiger partial charge in [-0.15, -0.1) is 0 Å². The van der Waals surface area contributed by atoms with Gasteiger partial charge in [0.15, 0.2) is 0 Å². The number of sulfonamides is 1. The molecule has 1 fully saturated rings. The van der Waals surface area contributed by atoms with Crippen LogP contribution in [0.15, 0.2) is 35.5 Å². The Balaban J connectivity index is 1.66. The molecule has 0 spiro atoms. The molecule has 1 aromatic heterocycles. The minimum Gasteiger partial charge on any atom is -0.381 e. The third-order valence-corrected chi connectivity index (χ3v) is 6.72. The summed E-state index contributed by atoms with van der Waals surface area (Å²) < 4.78 is 35.2. The number of nitrogens with zero attached hydrogens (tertiary/aromatic N) is 3. The van der Waals surface area contributed by atoms with Crippen molar-refractivity contribution in [1.29, 1.82) is 0 Å². The van der Waals surface area contributed by atoms with E-state index < -0.39 is 15.6 Å². The van der Waals surface area contributed by atoms with Gasteiger partial charge in [-0.3, -0.25) is 14.5 Å². The van der Waals surface area contributed by atoms with Crippen molar-refractivity contribution in [2.45, 2.75) is 36.9 Å². The lowest BCUT2D eigenvalue weighted by molar-refractivity contribution is -0.0523. The van der Waals surface area contributed by atoms with Gasteiger partial charge in [0.25, 0.3) is 5.91 Å². The summed E-state index contributed by atoms with van der Waals surface area (Å²) in [6.45, 7) is 5.25. The summed E-state index contributed by atoms with van der Waals surface area (Å²) in [6.07, 6.45) is 3.53. The zero-order valence-corrected chi connectivity index (χ0v) is 18.0. The SMILES string of the molecule is C[C@@H]1CNN(Cc2cnn(C)c2)C(=O)c2cc(S(=O)(=O)NC3(C)COC3)ccc2N1. The van der Waals surface area contributed by atoms with Crippen molar-refractivity contribution in [3.8, 4) is 0 Å². The van der Waals surface area contributed by atoms with Crippen LogP contribution in [0.25, 0.3) is 0 Å². The smallest absolute Gasteiger partial charge is 0.270 e. The van der Waals surface area contributed by atoms with Crippen LogP contribution in [0.4, 0.5) is 5.69 Å². The van der Waals surface area contributed by atoms with Gasteiger partial charge in [0.2, 0.25) is 10.0 Å². The van der Waals surface area contributed by atoms with Gasteiger partial charge in [-0.25, -0.2) is 18.6 Å². The van der Waals surface area contributed by atoms with E-state index in [0.29, 0.717) is 32.0 Å². The maximum Gasteiger partial charge on any atom is 0.270 e. The Labute approximate surface area is 175 Å². The zero-order chi connectivity index (χ0) is 21.5. The number of fused-ring (bicyclic) bond motifs is 1. The van der Waals surface area contributed by atoms with E-state index in [1.165, 1.54) is 17.1 Å². The number of benzene rings is 1. The molecule has 4 rings (SSSR count). The molecule has 1 atom stereocenters. The van der Waals surface area contributed by atoms with Crippen LogP contribution in [-0.4, -0.2) is 60.5 Å². The van der Waals surface area contributed by atoms with E-state index >= 15 is 0 Å². The number of hydrazine groups is 1. The van der Waals surface area contributed by atoms with Gasteiger partial charge in [0.05, 0.1) is 42.0 Å². The molecule has 162 valence electrons. The highest BCUT2D eigenvalue weighted by molar-refractivity contribution is 7.89. The van der Waals surface area contributed by atoms with Gasteiger partial charge in [0.1, 0.15) is 0 Å². The average molecular weight is 435 g/mol. The molecule has 3 heterocycles. The number of carbonyl (C=O) groups is 1. The Morgan fingerprint density at radius 2 is 2.13 bits per heavy atom. The van der Waals surface area contributed by atoms with Crippen LogP contribution in [0.1, 0.15) is 29.8 Å². The normalized spacial score (nSPS) is 21.2.